The number of hydrogen-bond acceptors (Lipinski definition) is 5. The molecule has 1 fully saturated rings. The summed E-state index contributed by atoms with van der Waals surface area (Å²) in [5.74, 6) is 0.236. The molecule has 1 heterocycles. The highest BCUT2D eigenvalue weighted by Crippen LogP contribution is 2.30. The topological polar surface area (TPSA) is 54.0 Å². The summed E-state index contributed by atoms with van der Waals surface area (Å²) in [5, 5.41) is 0. The second kappa shape index (κ2) is 7.22. The molecule has 122 valence electrons. The van der Waals surface area contributed by atoms with Crippen LogP contribution in [0.15, 0.2) is 24.3 Å². The minimum Gasteiger partial charge on any atom is -0.497 e. The normalized spacial score (nSPS) is 23.5. The lowest BCUT2D eigenvalue weighted by Crippen LogP contribution is -2.29. The molecule has 0 bridgehead atoms. The quantitative estimate of drug-likeness (QED) is 0.775. The number of Topliss-reactive ketones (excluding diaryl/α,β-unsaturated/α-hetero) is 1. The van der Waals surface area contributed by atoms with E-state index in [-0.39, 0.29) is 18.0 Å². The molecule has 0 radical (unpaired) electrons. The lowest BCUT2D eigenvalue weighted by Gasteiger charge is -2.17. The van der Waals surface area contributed by atoms with Crippen LogP contribution in [-0.2, 0) is 25.6 Å². The van der Waals surface area contributed by atoms with E-state index in [0.717, 1.165) is 11.3 Å². The zero-order chi connectivity index (χ0) is 16.2. The molecule has 0 aromatic heterocycles. The van der Waals surface area contributed by atoms with Crippen LogP contribution in [0.3, 0.4) is 0 Å². The average molecular weight is 308 g/mol. The number of methoxy groups -OCH3 is 1. The summed E-state index contributed by atoms with van der Waals surface area (Å²) in [4.78, 5) is 11.3. The minimum absolute atomic E-state index is 0.0893. The molecule has 1 aliphatic rings. The van der Waals surface area contributed by atoms with Gasteiger partial charge in [-0.3, -0.25) is 4.79 Å². The van der Waals surface area contributed by atoms with E-state index in [4.69, 9.17) is 18.9 Å². The molecule has 1 aliphatic heterocycles. The highest BCUT2D eigenvalue weighted by atomic mass is 16.8. The van der Waals surface area contributed by atoms with Crippen LogP contribution in [0.25, 0.3) is 0 Å². The Labute approximate surface area is 131 Å². The molecule has 0 spiro atoms. The third-order valence-corrected chi connectivity index (χ3v) is 3.48. The van der Waals surface area contributed by atoms with Gasteiger partial charge in [0.2, 0.25) is 0 Å². The Morgan fingerprint density at radius 2 is 1.82 bits per heavy atom. The summed E-state index contributed by atoms with van der Waals surface area (Å²) in [5.41, 5.74) is 1.06. The highest BCUT2D eigenvalue weighted by molar-refractivity contribution is 5.76. The fourth-order valence-electron chi connectivity index (χ4n) is 2.52. The molecule has 5 nitrogen and oxygen atoms in total. The van der Waals surface area contributed by atoms with E-state index in [2.05, 4.69) is 0 Å². The Balaban J connectivity index is 1.84. The highest BCUT2D eigenvalue weighted by Gasteiger charge is 2.41. The molecule has 2 atom stereocenters. The van der Waals surface area contributed by atoms with Gasteiger partial charge in [-0.25, -0.2) is 0 Å². The van der Waals surface area contributed by atoms with Crippen molar-refractivity contribution < 1.29 is 23.7 Å². The summed E-state index contributed by atoms with van der Waals surface area (Å²) in [6.07, 6.45) is -0.125. The molecule has 0 unspecified atom stereocenters. The van der Waals surface area contributed by atoms with Gasteiger partial charge >= 0.3 is 0 Å². The lowest BCUT2D eigenvalue weighted by molar-refractivity contribution is -0.152. The third kappa shape index (κ3) is 4.80. The van der Waals surface area contributed by atoms with E-state index < -0.39 is 5.79 Å². The molecule has 22 heavy (non-hydrogen) atoms. The van der Waals surface area contributed by atoms with Crippen molar-refractivity contribution in [3.05, 3.63) is 29.8 Å². The summed E-state index contributed by atoms with van der Waals surface area (Å²) < 4.78 is 22.4. The van der Waals surface area contributed by atoms with Crippen molar-refractivity contribution >= 4 is 5.78 Å². The maximum Gasteiger partial charge on any atom is 0.163 e. The van der Waals surface area contributed by atoms with Crippen LogP contribution < -0.4 is 4.74 Å². The third-order valence-electron chi connectivity index (χ3n) is 3.48. The van der Waals surface area contributed by atoms with Gasteiger partial charge in [0, 0.05) is 6.42 Å². The van der Waals surface area contributed by atoms with Gasteiger partial charge in [-0.2, -0.15) is 0 Å². The van der Waals surface area contributed by atoms with Gasteiger partial charge in [0.05, 0.1) is 26.4 Å². The molecular formula is C17H24O5. The number of carbonyl (C=O) groups excluding carboxylic acids is 1. The van der Waals surface area contributed by atoms with Crippen LogP contribution >= 0.6 is 0 Å². The first-order valence-electron chi connectivity index (χ1n) is 7.45. The van der Waals surface area contributed by atoms with Crippen molar-refractivity contribution in [2.24, 2.45) is 0 Å². The lowest BCUT2D eigenvalue weighted by atomic mass is 10.1. The number of rotatable bonds is 7. The molecule has 1 aromatic carbocycles. The Bertz CT molecular complexity index is 494. The second-order valence-corrected chi connectivity index (χ2v) is 5.98. The first kappa shape index (κ1) is 16.9. The zero-order valence-electron chi connectivity index (χ0n) is 13.6. The van der Waals surface area contributed by atoms with Crippen molar-refractivity contribution in [3.8, 4) is 5.75 Å². The van der Waals surface area contributed by atoms with E-state index in [1.165, 1.54) is 0 Å². The molecule has 2 rings (SSSR count). The van der Waals surface area contributed by atoms with Gasteiger partial charge in [0.15, 0.2) is 5.79 Å². The molecule has 1 saturated heterocycles. The van der Waals surface area contributed by atoms with Gasteiger partial charge in [0.25, 0.3) is 0 Å². The van der Waals surface area contributed by atoms with Gasteiger partial charge in [0.1, 0.15) is 17.6 Å². The van der Waals surface area contributed by atoms with E-state index in [0.29, 0.717) is 19.6 Å². The van der Waals surface area contributed by atoms with Crippen molar-refractivity contribution in [2.45, 2.75) is 51.8 Å². The Hall–Kier alpha value is -1.43. The van der Waals surface area contributed by atoms with Gasteiger partial charge in [-0.15, -0.1) is 0 Å². The predicted octanol–water partition coefficient (Wildman–Crippen LogP) is 2.71. The van der Waals surface area contributed by atoms with E-state index in [1.807, 2.05) is 38.1 Å². The van der Waals surface area contributed by atoms with Crippen molar-refractivity contribution in [3.63, 3.8) is 0 Å². The maximum atomic E-state index is 11.3. The zero-order valence-corrected chi connectivity index (χ0v) is 13.6. The molecular weight excluding hydrogens is 284 g/mol. The second-order valence-electron chi connectivity index (χ2n) is 5.98. The Morgan fingerprint density at radius 1 is 1.18 bits per heavy atom. The van der Waals surface area contributed by atoms with Crippen LogP contribution in [0.2, 0.25) is 0 Å². The molecule has 0 N–H and O–H groups in total. The number of benzene rings is 1. The van der Waals surface area contributed by atoms with E-state index in [9.17, 15) is 4.79 Å². The predicted molar refractivity (Wildman–Crippen MR) is 81.8 cm³/mol. The van der Waals surface area contributed by atoms with Gasteiger partial charge in [-0.05, 0) is 38.5 Å². The maximum absolute atomic E-state index is 11.3. The number of ketones is 1. The first-order chi connectivity index (χ1) is 10.4. The summed E-state index contributed by atoms with van der Waals surface area (Å²) in [6, 6.07) is 7.72. The summed E-state index contributed by atoms with van der Waals surface area (Å²) in [7, 11) is 1.64. The SMILES string of the molecule is COc1ccc(COC[C@@H]2OC(C)(C)O[C@H]2CC(C)=O)cc1. The molecule has 1 aromatic rings. The molecule has 0 amide bonds. The standard InChI is InChI=1S/C17H24O5/c1-12(18)9-15-16(22-17(2,3)21-15)11-20-10-13-5-7-14(19-4)8-6-13/h5-8,15-16H,9-11H2,1-4H3/t15-,16-/m0/s1. The smallest absolute Gasteiger partial charge is 0.163 e. The summed E-state index contributed by atoms with van der Waals surface area (Å²) in [6.45, 7) is 6.14. The summed E-state index contributed by atoms with van der Waals surface area (Å²) >= 11 is 0. The van der Waals surface area contributed by atoms with Crippen LogP contribution in [0.4, 0.5) is 0 Å². The van der Waals surface area contributed by atoms with Crippen LogP contribution in [-0.4, -0.2) is 37.5 Å². The number of hydrogen-bond donors (Lipinski definition) is 0. The van der Waals surface area contributed by atoms with Crippen LogP contribution in [0.1, 0.15) is 32.8 Å². The van der Waals surface area contributed by atoms with Gasteiger partial charge < -0.3 is 18.9 Å². The van der Waals surface area contributed by atoms with Crippen molar-refractivity contribution in [1.82, 2.24) is 0 Å². The minimum atomic E-state index is -0.672. The fourth-order valence-corrected chi connectivity index (χ4v) is 2.52. The molecule has 0 aliphatic carbocycles. The fraction of sp³-hybridized carbons (Fsp3) is 0.588. The Morgan fingerprint density at radius 3 is 2.41 bits per heavy atom. The van der Waals surface area contributed by atoms with Crippen LogP contribution in [0.5, 0.6) is 5.75 Å². The van der Waals surface area contributed by atoms with E-state index in [1.54, 1.807) is 14.0 Å². The van der Waals surface area contributed by atoms with Crippen molar-refractivity contribution in [2.75, 3.05) is 13.7 Å². The monoisotopic (exact) mass is 308 g/mol. The molecule has 0 saturated carbocycles. The van der Waals surface area contributed by atoms with Crippen LogP contribution in [0, 0.1) is 0 Å². The van der Waals surface area contributed by atoms with Gasteiger partial charge in [-0.1, -0.05) is 12.1 Å². The van der Waals surface area contributed by atoms with Crippen molar-refractivity contribution in [1.29, 1.82) is 0 Å². The number of carbonyl (C=O) groups is 1. The average Bonchev–Trinajstić information content (AvgIpc) is 2.73. The van der Waals surface area contributed by atoms with E-state index >= 15 is 0 Å². The number of ether oxygens (including phenoxy) is 4. The molecule has 5 heteroatoms. The largest absolute Gasteiger partial charge is 0.497 e. The Kier molecular flexibility index (Phi) is 5.56. The first-order valence-corrected chi connectivity index (χ1v) is 7.45.